The molecule has 100 valence electrons. The Morgan fingerprint density at radius 1 is 1.00 bits per heavy atom. The predicted molar refractivity (Wildman–Crippen MR) is 73.5 cm³/mol. The van der Waals surface area contributed by atoms with E-state index in [9.17, 15) is 12.8 Å². The molecule has 0 radical (unpaired) electrons. The molecule has 1 unspecified atom stereocenters. The maximum Gasteiger partial charge on any atom is 0.180 e. The Morgan fingerprint density at radius 3 is 2.16 bits per heavy atom. The fraction of sp³-hybridized carbons (Fsp3) is 0.143. The van der Waals surface area contributed by atoms with Crippen molar-refractivity contribution in [2.45, 2.75) is 10.3 Å². The largest absolute Gasteiger partial charge is 0.224 e. The van der Waals surface area contributed by atoms with Gasteiger partial charge in [0.2, 0.25) is 0 Å². The van der Waals surface area contributed by atoms with E-state index < -0.39 is 21.0 Å². The van der Waals surface area contributed by atoms with Gasteiger partial charge in [-0.15, -0.1) is 11.6 Å². The number of sulfone groups is 1. The molecule has 0 N–H and O–H groups in total. The highest BCUT2D eigenvalue weighted by Gasteiger charge is 2.20. The third kappa shape index (κ3) is 3.55. The molecule has 0 aliphatic heterocycles. The second-order valence-electron chi connectivity index (χ2n) is 4.11. The van der Waals surface area contributed by atoms with Gasteiger partial charge in [-0.05, 0) is 29.8 Å². The summed E-state index contributed by atoms with van der Waals surface area (Å²) in [6, 6.07) is 13.7. The lowest BCUT2D eigenvalue weighted by Gasteiger charge is -2.10. The highest BCUT2D eigenvalue weighted by Crippen LogP contribution is 2.25. The van der Waals surface area contributed by atoms with E-state index in [0.717, 1.165) is 17.7 Å². The lowest BCUT2D eigenvalue weighted by atomic mass is 10.2. The lowest BCUT2D eigenvalue weighted by Crippen LogP contribution is -2.11. The summed E-state index contributed by atoms with van der Waals surface area (Å²) < 4.78 is 37.0. The number of alkyl halides is 1. The van der Waals surface area contributed by atoms with Gasteiger partial charge < -0.3 is 0 Å². The first-order valence-electron chi connectivity index (χ1n) is 5.66. The standard InChI is InChI=1S/C14H12ClFO2S/c15-14(11-4-2-1-3-5-11)10-19(17,18)13-8-6-12(16)7-9-13/h1-9,14H,10H2. The fourth-order valence-corrected chi connectivity index (χ4v) is 3.65. The molecule has 2 aromatic carbocycles. The van der Waals surface area contributed by atoms with Gasteiger partial charge in [0, 0.05) is 0 Å². The zero-order chi connectivity index (χ0) is 13.9. The van der Waals surface area contributed by atoms with Crippen LogP contribution in [-0.4, -0.2) is 14.2 Å². The van der Waals surface area contributed by atoms with Gasteiger partial charge in [0.05, 0.1) is 16.0 Å². The lowest BCUT2D eigenvalue weighted by molar-refractivity contribution is 0.593. The van der Waals surface area contributed by atoms with Gasteiger partial charge in [0.15, 0.2) is 9.84 Å². The summed E-state index contributed by atoms with van der Waals surface area (Å²) in [7, 11) is -3.52. The minimum absolute atomic E-state index is 0.0791. The molecule has 2 nitrogen and oxygen atoms in total. The molecule has 0 fully saturated rings. The zero-order valence-corrected chi connectivity index (χ0v) is 11.5. The van der Waals surface area contributed by atoms with Gasteiger partial charge in [0.25, 0.3) is 0 Å². The first-order chi connectivity index (χ1) is 8.99. The summed E-state index contributed by atoms with van der Waals surface area (Å²) in [6.45, 7) is 0. The molecule has 0 saturated heterocycles. The van der Waals surface area contributed by atoms with Gasteiger partial charge in [-0.3, -0.25) is 0 Å². The third-order valence-electron chi connectivity index (χ3n) is 2.70. The van der Waals surface area contributed by atoms with Gasteiger partial charge in [0.1, 0.15) is 5.82 Å². The molecule has 2 aromatic rings. The minimum Gasteiger partial charge on any atom is -0.224 e. The number of hydrogen-bond acceptors (Lipinski definition) is 2. The van der Waals surface area contributed by atoms with Crippen LogP contribution in [-0.2, 0) is 9.84 Å². The van der Waals surface area contributed by atoms with Crippen LogP contribution in [0.2, 0.25) is 0 Å². The van der Waals surface area contributed by atoms with Crippen molar-refractivity contribution in [3.63, 3.8) is 0 Å². The van der Waals surface area contributed by atoms with E-state index in [4.69, 9.17) is 11.6 Å². The van der Waals surface area contributed by atoms with Crippen LogP contribution in [0.3, 0.4) is 0 Å². The van der Waals surface area contributed by atoms with Crippen molar-refractivity contribution < 1.29 is 12.8 Å². The van der Waals surface area contributed by atoms with Gasteiger partial charge in [-0.25, -0.2) is 12.8 Å². The predicted octanol–water partition coefficient (Wildman–Crippen LogP) is 3.58. The van der Waals surface area contributed by atoms with Crippen molar-refractivity contribution in [1.82, 2.24) is 0 Å². The quantitative estimate of drug-likeness (QED) is 0.638. The molecule has 0 aromatic heterocycles. The van der Waals surface area contributed by atoms with Crippen LogP contribution in [0.1, 0.15) is 10.9 Å². The van der Waals surface area contributed by atoms with Crippen molar-refractivity contribution in [3.8, 4) is 0 Å². The van der Waals surface area contributed by atoms with Crippen LogP contribution >= 0.6 is 11.6 Å². The summed E-state index contributed by atoms with van der Waals surface area (Å²) in [5.41, 5.74) is 0.745. The fourth-order valence-electron chi connectivity index (χ4n) is 1.69. The van der Waals surface area contributed by atoms with Crippen LogP contribution in [0, 0.1) is 5.82 Å². The first kappa shape index (κ1) is 14.0. The van der Waals surface area contributed by atoms with E-state index in [1.165, 1.54) is 12.1 Å². The second-order valence-corrected chi connectivity index (χ2v) is 6.67. The molecule has 0 aliphatic carbocycles. The van der Waals surface area contributed by atoms with Gasteiger partial charge in [-0.2, -0.15) is 0 Å². The van der Waals surface area contributed by atoms with Gasteiger partial charge in [-0.1, -0.05) is 30.3 Å². The highest BCUT2D eigenvalue weighted by molar-refractivity contribution is 7.91. The summed E-state index contributed by atoms with van der Waals surface area (Å²) >= 11 is 6.12. The SMILES string of the molecule is O=S(=O)(CC(Cl)c1ccccc1)c1ccc(F)cc1. The van der Waals surface area contributed by atoms with Crippen LogP contribution in [0.4, 0.5) is 4.39 Å². The molecular formula is C14H12ClFO2S. The van der Waals surface area contributed by atoms with Crippen molar-refractivity contribution in [3.05, 3.63) is 66.0 Å². The zero-order valence-electron chi connectivity index (χ0n) is 9.96. The smallest absolute Gasteiger partial charge is 0.180 e. The molecule has 0 heterocycles. The third-order valence-corrected chi connectivity index (χ3v) is 5.05. The molecule has 0 aliphatic rings. The Balaban J connectivity index is 2.20. The van der Waals surface area contributed by atoms with E-state index in [2.05, 4.69) is 0 Å². The molecular weight excluding hydrogens is 287 g/mol. The number of halogens is 2. The Kier molecular flexibility index (Phi) is 4.22. The molecule has 0 spiro atoms. The number of hydrogen-bond donors (Lipinski definition) is 0. The van der Waals surface area contributed by atoms with E-state index >= 15 is 0 Å². The first-order valence-corrected chi connectivity index (χ1v) is 7.75. The highest BCUT2D eigenvalue weighted by atomic mass is 35.5. The van der Waals surface area contributed by atoms with Crippen LogP contribution in [0.5, 0.6) is 0 Å². The Hall–Kier alpha value is -1.39. The van der Waals surface area contributed by atoms with Gasteiger partial charge >= 0.3 is 0 Å². The van der Waals surface area contributed by atoms with Crippen LogP contribution in [0.15, 0.2) is 59.5 Å². The maximum absolute atomic E-state index is 12.8. The number of benzene rings is 2. The van der Waals surface area contributed by atoms with Crippen molar-refractivity contribution in [2.75, 3.05) is 5.75 Å². The molecule has 0 amide bonds. The Labute approximate surface area is 116 Å². The topological polar surface area (TPSA) is 34.1 Å². The Morgan fingerprint density at radius 2 is 1.58 bits per heavy atom. The number of rotatable bonds is 4. The maximum atomic E-state index is 12.8. The summed E-state index contributed by atoms with van der Waals surface area (Å²) in [5.74, 6) is -0.686. The van der Waals surface area contributed by atoms with Crippen molar-refractivity contribution in [2.24, 2.45) is 0 Å². The average molecular weight is 299 g/mol. The monoisotopic (exact) mass is 298 g/mol. The summed E-state index contributed by atoms with van der Waals surface area (Å²) in [5, 5.41) is -0.628. The summed E-state index contributed by atoms with van der Waals surface area (Å²) in [6.07, 6.45) is 0. The van der Waals surface area contributed by atoms with E-state index in [-0.39, 0.29) is 10.6 Å². The minimum atomic E-state index is -3.52. The molecule has 19 heavy (non-hydrogen) atoms. The average Bonchev–Trinajstić information content (AvgIpc) is 2.40. The van der Waals surface area contributed by atoms with Crippen molar-refractivity contribution >= 4 is 21.4 Å². The van der Waals surface area contributed by atoms with Crippen molar-refractivity contribution in [1.29, 1.82) is 0 Å². The van der Waals surface area contributed by atoms with E-state index in [1.807, 2.05) is 6.07 Å². The molecule has 0 saturated carbocycles. The molecule has 0 bridgehead atoms. The molecule has 5 heteroatoms. The molecule has 2 rings (SSSR count). The van der Waals surface area contributed by atoms with E-state index in [1.54, 1.807) is 24.3 Å². The van der Waals surface area contributed by atoms with Crippen LogP contribution in [0.25, 0.3) is 0 Å². The van der Waals surface area contributed by atoms with E-state index in [0.29, 0.717) is 0 Å². The Bertz CT molecular complexity index is 639. The normalized spacial score (nSPS) is 13.2. The summed E-state index contributed by atoms with van der Waals surface area (Å²) in [4.78, 5) is 0.0791. The second kappa shape index (κ2) is 5.72. The molecule has 1 atom stereocenters. The van der Waals surface area contributed by atoms with Crippen LogP contribution < -0.4 is 0 Å².